The highest BCUT2D eigenvalue weighted by molar-refractivity contribution is 6.06. The molecule has 166 valence electrons. The van der Waals surface area contributed by atoms with Crippen LogP contribution >= 0.6 is 0 Å². The van der Waals surface area contributed by atoms with Gasteiger partial charge in [0.15, 0.2) is 23.2 Å². The quantitative estimate of drug-likeness (QED) is 0.442. The van der Waals surface area contributed by atoms with E-state index in [4.69, 9.17) is 14.2 Å². The van der Waals surface area contributed by atoms with Crippen LogP contribution < -0.4 is 5.32 Å². The van der Waals surface area contributed by atoms with Gasteiger partial charge in [-0.2, -0.15) is 0 Å². The Kier molecular flexibility index (Phi) is 8.45. The van der Waals surface area contributed by atoms with Gasteiger partial charge in [-0.1, -0.05) is 32.0 Å². The van der Waals surface area contributed by atoms with Gasteiger partial charge >= 0.3 is 0 Å². The average molecular weight is 428 g/mol. The van der Waals surface area contributed by atoms with Crippen molar-refractivity contribution in [3.63, 3.8) is 0 Å². The molecule has 0 aliphatic heterocycles. The topological polar surface area (TPSA) is 100 Å². The number of amides is 1. The Labute approximate surface area is 181 Å². The van der Waals surface area contributed by atoms with Crippen molar-refractivity contribution >= 4 is 22.9 Å². The number of imidazole rings is 1. The Bertz CT molecular complexity index is 959. The zero-order valence-corrected chi connectivity index (χ0v) is 18.2. The summed E-state index contributed by atoms with van der Waals surface area (Å²) in [6.45, 7) is 5.45. The molecule has 0 spiro atoms. The summed E-state index contributed by atoms with van der Waals surface area (Å²) in [6, 6.07) is 8.95. The SMILES string of the molecule is CCC(CC)O[C@H](COCCOC)n1cnc2c(NC(=O)c3ccccc3)ncnc21. The number of nitrogens with one attached hydrogen (secondary N) is 1. The van der Waals surface area contributed by atoms with Crippen LogP contribution in [-0.2, 0) is 14.2 Å². The predicted molar refractivity (Wildman–Crippen MR) is 117 cm³/mol. The highest BCUT2D eigenvalue weighted by Crippen LogP contribution is 2.24. The molecule has 0 aliphatic rings. The molecule has 0 bridgehead atoms. The van der Waals surface area contributed by atoms with Crippen LogP contribution in [0.15, 0.2) is 43.0 Å². The molecule has 9 heteroatoms. The number of hydrogen-bond acceptors (Lipinski definition) is 7. The first-order valence-electron chi connectivity index (χ1n) is 10.4. The lowest BCUT2D eigenvalue weighted by Crippen LogP contribution is -2.25. The fraction of sp³-hybridized carbons (Fsp3) is 0.455. The second-order valence-corrected chi connectivity index (χ2v) is 6.96. The number of rotatable bonds is 12. The summed E-state index contributed by atoms with van der Waals surface area (Å²) in [5, 5.41) is 2.82. The second kappa shape index (κ2) is 11.5. The molecule has 1 amide bonds. The van der Waals surface area contributed by atoms with Crippen LogP contribution in [0.3, 0.4) is 0 Å². The molecule has 2 heterocycles. The second-order valence-electron chi connectivity index (χ2n) is 6.96. The van der Waals surface area contributed by atoms with Crippen molar-refractivity contribution < 1.29 is 19.0 Å². The Morgan fingerprint density at radius 1 is 1.10 bits per heavy atom. The van der Waals surface area contributed by atoms with Gasteiger partial charge < -0.3 is 19.5 Å². The summed E-state index contributed by atoms with van der Waals surface area (Å²) in [7, 11) is 1.63. The van der Waals surface area contributed by atoms with Crippen molar-refractivity contribution in [3.8, 4) is 0 Å². The monoisotopic (exact) mass is 427 g/mol. The fourth-order valence-electron chi connectivity index (χ4n) is 3.14. The van der Waals surface area contributed by atoms with E-state index in [1.807, 2.05) is 22.8 Å². The lowest BCUT2D eigenvalue weighted by molar-refractivity contribution is -0.0994. The molecule has 1 aromatic carbocycles. The normalized spacial score (nSPS) is 12.4. The number of carbonyl (C=O) groups is 1. The minimum absolute atomic E-state index is 0.0765. The Morgan fingerprint density at radius 3 is 2.58 bits per heavy atom. The summed E-state index contributed by atoms with van der Waals surface area (Å²) in [5.74, 6) is 0.0852. The van der Waals surface area contributed by atoms with E-state index >= 15 is 0 Å². The van der Waals surface area contributed by atoms with E-state index in [9.17, 15) is 4.79 Å². The van der Waals surface area contributed by atoms with Gasteiger partial charge in [-0.15, -0.1) is 0 Å². The van der Waals surface area contributed by atoms with E-state index in [1.54, 1.807) is 25.6 Å². The number of carbonyl (C=O) groups excluding carboxylic acids is 1. The smallest absolute Gasteiger partial charge is 0.256 e. The van der Waals surface area contributed by atoms with Crippen LogP contribution in [0.2, 0.25) is 0 Å². The van der Waals surface area contributed by atoms with Gasteiger partial charge in [-0.3, -0.25) is 9.36 Å². The molecule has 0 saturated heterocycles. The van der Waals surface area contributed by atoms with Crippen LogP contribution in [0, 0.1) is 0 Å². The van der Waals surface area contributed by atoms with Crippen molar-refractivity contribution in [2.75, 3.05) is 32.2 Å². The van der Waals surface area contributed by atoms with Crippen molar-refractivity contribution in [1.82, 2.24) is 19.5 Å². The van der Waals surface area contributed by atoms with Gasteiger partial charge in [-0.05, 0) is 25.0 Å². The number of fused-ring (bicyclic) bond motifs is 1. The molecule has 1 atom stereocenters. The number of methoxy groups -OCH3 is 1. The van der Waals surface area contributed by atoms with E-state index in [0.29, 0.717) is 42.4 Å². The van der Waals surface area contributed by atoms with Crippen molar-refractivity contribution in [2.45, 2.75) is 39.0 Å². The number of aromatic nitrogens is 4. The maximum Gasteiger partial charge on any atom is 0.256 e. The Morgan fingerprint density at radius 2 is 1.87 bits per heavy atom. The first-order chi connectivity index (χ1) is 15.2. The summed E-state index contributed by atoms with van der Waals surface area (Å²) >= 11 is 0. The highest BCUT2D eigenvalue weighted by atomic mass is 16.6. The summed E-state index contributed by atoms with van der Waals surface area (Å²) < 4.78 is 18.9. The van der Waals surface area contributed by atoms with Gasteiger partial charge in [0.2, 0.25) is 0 Å². The van der Waals surface area contributed by atoms with Crippen molar-refractivity contribution in [3.05, 3.63) is 48.5 Å². The van der Waals surface area contributed by atoms with E-state index in [2.05, 4.69) is 34.1 Å². The van der Waals surface area contributed by atoms with Gasteiger partial charge in [0, 0.05) is 12.7 Å². The maximum absolute atomic E-state index is 12.6. The summed E-state index contributed by atoms with van der Waals surface area (Å²) in [5.41, 5.74) is 1.58. The van der Waals surface area contributed by atoms with Crippen LogP contribution in [0.4, 0.5) is 5.82 Å². The minimum atomic E-state index is -0.417. The zero-order valence-electron chi connectivity index (χ0n) is 18.2. The molecule has 2 aromatic heterocycles. The largest absolute Gasteiger partial charge is 0.382 e. The van der Waals surface area contributed by atoms with E-state index in [1.165, 1.54) is 6.33 Å². The zero-order chi connectivity index (χ0) is 22.1. The van der Waals surface area contributed by atoms with Gasteiger partial charge in [0.25, 0.3) is 5.91 Å². The highest BCUT2D eigenvalue weighted by Gasteiger charge is 2.21. The van der Waals surface area contributed by atoms with Crippen LogP contribution in [0.1, 0.15) is 43.3 Å². The van der Waals surface area contributed by atoms with Crippen molar-refractivity contribution in [2.24, 2.45) is 0 Å². The number of hydrogen-bond donors (Lipinski definition) is 1. The molecule has 0 aliphatic carbocycles. The summed E-state index contributed by atoms with van der Waals surface area (Å²) in [6.07, 6.45) is 4.47. The predicted octanol–water partition coefficient (Wildman–Crippen LogP) is 3.45. The number of anilines is 1. The molecular weight excluding hydrogens is 398 g/mol. The lowest BCUT2D eigenvalue weighted by Gasteiger charge is -2.24. The maximum atomic E-state index is 12.6. The van der Waals surface area contributed by atoms with E-state index in [0.717, 1.165) is 12.8 Å². The minimum Gasteiger partial charge on any atom is -0.382 e. The number of ether oxygens (including phenoxy) is 3. The van der Waals surface area contributed by atoms with E-state index < -0.39 is 6.23 Å². The van der Waals surface area contributed by atoms with Crippen LogP contribution in [0.5, 0.6) is 0 Å². The van der Waals surface area contributed by atoms with Gasteiger partial charge in [0.1, 0.15) is 6.33 Å². The number of benzene rings is 1. The molecule has 0 radical (unpaired) electrons. The third-order valence-corrected chi connectivity index (χ3v) is 4.89. The van der Waals surface area contributed by atoms with Gasteiger partial charge in [0.05, 0.1) is 32.3 Å². The van der Waals surface area contributed by atoms with Crippen LogP contribution in [-0.4, -0.2) is 58.5 Å². The molecule has 9 nitrogen and oxygen atoms in total. The Balaban J connectivity index is 1.85. The molecule has 0 unspecified atom stereocenters. The number of nitrogens with zero attached hydrogens (tertiary/aromatic N) is 4. The van der Waals surface area contributed by atoms with Crippen molar-refractivity contribution in [1.29, 1.82) is 0 Å². The lowest BCUT2D eigenvalue weighted by atomic mass is 10.2. The first kappa shape index (κ1) is 22.8. The average Bonchev–Trinajstić information content (AvgIpc) is 3.24. The Hall–Kier alpha value is -2.88. The first-order valence-corrected chi connectivity index (χ1v) is 10.4. The molecule has 0 fully saturated rings. The molecule has 3 rings (SSSR count). The fourth-order valence-corrected chi connectivity index (χ4v) is 3.14. The van der Waals surface area contributed by atoms with Gasteiger partial charge in [-0.25, -0.2) is 15.0 Å². The third-order valence-electron chi connectivity index (χ3n) is 4.89. The molecular formula is C22H29N5O4. The molecule has 1 N–H and O–H groups in total. The third kappa shape index (κ3) is 5.84. The van der Waals surface area contributed by atoms with E-state index in [-0.39, 0.29) is 12.0 Å². The molecule has 0 saturated carbocycles. The molecule has 31 heavy (non-hydrogen) atoms. The molecule has 3 aromatic rings. The standard InChI is InChI=1S/C22H29N5O4/c1-4-17(5-2)31-18(13-30-12-11-29-3)27-15-25-19-20(23-14-24-21(19)27)26-22(28)16-9-7-6-8-10-16/h6-10,14-15,17-18H,4-5,11-13H2,1-3H3,(H,23,24,26,28)/t18-/m1/s1. The summed E-state index contributed by atoms with van der Waals surface area (Å²) in [4.78, 5) is 25.6. The van der Waals surface area contributed by atoms with Crippen LogP contribution in [0.25, 0.3) is 11.2 Å².